The Hall–Kier alpha value is -1.21. The van der Waals surface area contributed by atoms with Crippen LogP contribution in [0, 0.1) is 0 Å². The van der Waals surface area contributed by atoms with E-state index >= 15 is 0 Å². The van der Waals surface area contributed by atoms with Gasteiger partial charge in [0.2, 0.25) is 0 Å². The van der Waals surface area contributed by atoms with Crippen molar-refractivity contribution in [3.63, 3.8) is 0 Å². The molecule has 1 saturated heterocycles. The molecule has 1 fully saturated rings. The highest BCUT2D eigenvalue weighted by atomic mass is 32.1. The Morgan fingerprint density at radius 2 is 2.48 bits per heavy atom. The first-order valence-electron chi connectivity index (χ1n) is 7.41. The molecule has 0 spiro atoms. The molecule has 1 unspecified atom stereocenters. The first kappa shape index (κ1) is 14.7. The highest BCUT2D eigenvalue weighted by molar-refractivity contribution is 7.13. The molecule has 0 bridgehead atoms. The van der Waals surface area contributed by atoms with Crippen molar-refractivity contribution in [2.75, 3.05) is 26.2 Å². The highest BCUT2D eigenvalue weighted by Gasteiger charge is 2.19. The zero-order valence-electron chi connectivity index (χ0n) is 12.0. The zero-order valence-corrected chi connectivity index (χ0v) is 12.8. The summed E-state index contributed by atoms with van der Waals surface area (Å²) in [6.07, 6.45) is 2.45. The summed E-state index contributed by atoms with van der Waals surface area (Å²) in [5, 5.41) is 18.9. The van der Waals surface area contributed by atoms with Gasteiger partial charge >= 0.3 is 0 Å². The largest absolute Gasteiger partial charge is 0.395 e. The summed E-state index contributed by atoms with van der Waals surface area (Å²) in [7, 11) is 0. The fourth-order valence-corrected chi connectivity index (χ4v) is 3.42. The van der Waals surface area contributed by atoms with Crippen LogP contribution in [0.2, 0.25) is 0 Å². The van der Waals surface area contributed by atoms with Crippen molar-refractivity contribution in [1.29, 1.82) is 0 Å². The van der Waals surface area contributed by atoms with Crippen LogP contribution in [0.1, 0.15) is 18.5 Å². The summed E-state index contributed by atoms with van der Waals surface area (Å²) < 4.78 is 5.41. The van der Waals surface area contributed by atoms with Crippen LogP contribution in [-0.4, -0.2) is 47.4 Å². The number of thiophene rings is 1. The van der Waals surface area contributed by atoms with E-state index < -0.39 is 0 Å². The minimum Gasteiger partial charge on any atom is -0.395 e. The molecule has 2 aromatic heterocycles. The second-order valence-electron chi connectivity index (χ2n) is 5.41. The van der Waals surface area contributed by atoms with Gasteiger partial charge in [0.25, 0.3) is 0 Å². The van der Waals surface area contributed by atoms with Gasteiger partial charge in [0.05, 0.1) is 17.2 Å². The maximum atomic E-state index is 9.24. The third-order valence-electron chi connectivity index (χ3n) is 3.77. The lowest BCUT2D eigenvalue weighted by molar-refractivity contribution is 0.176. The average molecular weight is 307 g/mol. The molecule has 6 heteroatoms. The molecule has 1 aliphatic rings. The summed E-state index contributed by atoms with van der Waals surface area (Å²) in [5.74, 6) is 0.822. The molecule has 1 aliphatic heterocycles. The summed E-state index contributed by atoms with van der Waals surface area (Å²) in [5.41, 5.74) is 0.921. The van der Waals surface area contributed by atoms with E-state index in [0.717, 1.165) is 29.4 Å². The first-order valence-corrected chi connectivity index (χ1v) is 8.29. The maximum Gasteiger partial charge on any atom is 0.177 e. The van der Waals surface area contributed by atoms with Crippen LogP contribution >= 0.6 is 11.3 Å². The van der Waals surface area contributed by atoms with Crippen LogP contribution in [-0.2, 0) is 6.54 Å². The number of aliphatic hydroxyl groups excluding tert-OH is 1. The second kappa shape index (κ2) is 7.17. The van der Waals surface area contributed by atoms with Crippen LogP contribution in [0.25, 0.3) is 10.6 Å². The highest BCUT2D eigenvalue weighted by Crippen LogP contribution is 2.25. The van der Waals surface area contributed by atoms with Gasteiger partial charge < -0.3 is 14.9 Å². The number of hydrogen-bond donors (Lipinski definition) is 2. The van der Waals surface area contributed by atoms with Gasteiger partial charge in [-0.1, -0.05) is 11.2 Å². The molecular weight excluding hydrogens is 286 g/mol. The van der Waals surface area contributed by atoms with E-state index in [9.17, 15) is 5.11 Å². The SMILES string of the molecule is OCCN(Cc1cc(-c2cccs2)on1)CC1CCCN1. The van der Waals surface area contributed by atoms with Gasteiger partial charge in [-0.25, -0.2) is 0 Å². The van der Waals surface area contributed by atoms with Gasteiger partial charge in [-0.05, 0) is 30.8 Å². The van der Waals surface area contributed by atoms with Crippen molar-refractivity contribution in [2.24, 2.45) is 0 Å². The van der Waals surface area contributed by atoms with Crippen molar-refractivity contribution >= 4 is 11.3 Å². The van der Waals surface area contributed by atoms with Gasteiger partial charge in [0.1, 0.15) is 0 Å². The van der Waals surface area contributed by atoms with Gasteiger partial charge in [-0.15, -0.1) is 11.3 Å². The van der Waals surface area contributed by atoms with Crippen LogP contribution in [0.3, 0.4) is 0 Å². The van der Waals surface area contributed by atoms with E-state index in [1.807, 2.05) is 23.6 Å². The Morgan fingerprint density at radius 1 is 1.52 bits per heavy atom. The van der Waals surface area contributed by atoms with E-state index in [4.69, 9.17) is 4.52 Å². The van der Waals surface area contributed by atoms with Crippen molar-refractivity contribution in [2.45, 2.75) is 25.4 Å². The Labute approximate surface area is 128 Å². The normalized spacial score (nSPS) is 18.7. The van der Waals surface area contributed by atoms with Gasteiger partial charge in [0.15, 0.2) is 5.76 Å². The number of hydrogen-bond acceptors (Lipinski definition) is 6. The molecule has 0 aliphatic carbocycles. The predicted octanol–water partition coefficient (Wildman–Crippen LogP) is 1.95. The Balaban J connectivity index is 1.62. The minimum absolute atomic E-state index is 0.169. The topological polar surface area (TPSA) is 61.5 Å². The number of rotatable bonds is 7. The lowest BCUT2D eigenvalue weighted by atomic mass is 10.2. The Morgan fingerprint density at radius 3 is 3.19 bits per heavy atom. The smallest absolute Gasteiger partial charge is 0.177 e. The molecule has 5 nitrogen and oxygen atoms in total. The molecule has 3 rings (SSSR count). The third kappa shape index (κ3) is 3.91. The van der Waals surface area contributed by atoms with E-state index in [2.05, 4.69) is 15.4 Å². The molecule has 3 heterocycles. The van der Waals surface area contributed by atoms with E-state index in [1.165, 1.54) is 12.8 Å². The molecule has 0 aromatic carbocycles. The van der Waals surface area contributed by atoms with Crippen LogP contribution in [0.15, 0.2) is 28.1 Å². The van der Waals surface area contributed by atoms with Gasteiger partial charge in [-0.3, -0.25) is 4.90 Å². The zero-order chi connectivity index (χ0) is 14.5. The second-order valence-corrected chi connectivity index (χ2v) is 6.36. The quantitative estimate of drug-likeness (QED) is 0.819. The molecule has 0 amide bonds. The van der Waals surface area contributed by atoms with Crippen LogP contribution in [0.4, 0.5) is 0 Å². The number of aromatic nitrogens is 1. The van der Waals surface area contributed by atoms with Crippen LogP contribution < -0.4 is 5.32 Å². The fourth-order valence-electron chi connectivity index (χ4n) is 2.75. The molecule has 2 N–H and O–H groups in total. The summed E-state index contributed by atoms with van der Waals surface area (Å²) in [4.78, 5) is 3.33. The lowest BCUT2D eigenvalue weighted by Gasteiger charge is -2.23. The summed E-state index contributed by atoms with van der Waals surface area (Å²) >= 11 is 1.65. The van der Waals surface area contributed by atoms with Gasteiger partial charge in [0, 0.05) is 31.7 Å². The number of nitrogens with one attached hydrogen (secondary N) is 1. The van der Waals surface area contributed by atoms with Crippen LogP contribution in [0.5, 0.6) is 0 Å². The van der Waals surface area contributed by atoms with E-state index in [-0.39, 0.29) is 6.61 Å². The molecule has 1 atom stereocenters. The third-order valence-corrected chi connectivity index (χ3v) is 4.65. The first-order chi connectivity index (χ1) is 10.3. The van der Waals surface area contributed by atoms with Crippen molar-refractivity contribution in [1.82, 2.24) is 15.4 Å². The monoisotopic (exact) mass is 307 g/mol. The Kier molecular flexibility index (Phi) is 5.03. The standard InChI is InChI=1S/C15H21N3O2S/c19-7-6-18(10-12-3-1-5-16-12)11-13-9-14(20-17-13)15-4-2-8-21-15/h2,4,8-9,12,16,19H,1,3,5-7,10-11H2. The summed E-state index contributed by atoms with van der Waals surface area (Å²) in [6.45, 7) is 3.60. The average Bonchev–Trinajstić information content (AvgIpc) is 3.21. The molecule has 21 heavy (non-hydrogen) atoms. The van der Waals surface area contributed by atoms with E-state index in [1.54, 1.807) is 11.3 Å². The van der Waals surface area contributed by atoms with Crippen molar-refractivity contribution in [3.05, 3.63) is 29.3 Å². The van der Waals surface area contributed by atoms with E-state index in [0.29, 0.717) is 19.1 Å². The number of aliphatic hydroxyl groups is 1. The predicted molar refractivity (Wildman–Crippen MR) is 83.2 cm³/mol. The lowest BCUT2D eigenvalue weighted by Crippen LogP contribution is -2.38. The molecular formula is C15H21N3O2S. The summed E-state index contributed by atoms with van der Waals surface area (Å²) in [6, 6.07) is 6.56. The van der Waals surface area contributed by atoms with Gasteiger partial charge in [-0.2, -0.15) is 0 Å². The Bertz CT molecular complexity index is 535. The molecule has 2 aromatic rings. The van der Waals surface area contributed by atoms with Crippen molar-refractivity contribution < 1.29 is 9.63 Å². The fraction of sp³-hybridized carbons (Fsp3) is 0.533. The molecule has 0 radical (unpaired) electrons. The number of nitrogens with zero attached hydrogens (tertiary/aromatic N) is 2. The van der Waals surface area contributed by atoms with Crippen molar-refractivity contribution in [3.8, 4) is 10.6 Å². The molecule has 0 saturated carbocycles. The maximum absolute atomic E-state index is 9.24. The minimum atomic E-state index is 0.169. The molecule has 114 valence electrons.